The number of halogens is 1. The SMILES string of the molecule is CCN1C(=O)/C(=C2/Sc3ccc(Cl)cc3N2CC)OC1=S. The van der Waals surface area contributed by atoms with Crippen LogP contribution in [0.25, 0.3) is 0 Å². The Kier molecular flexibility index (Phi) is 3.86. The van der Waals surface area contributed by atoms with E-state index in [9.17, 15) is 4.79 Å². The molecule has 0 bridgehead atoms. The molecule has 0 N–H and O–H groups in total. The molecule has 2 heterocycles. The van der Waals surface area contributed by atoms with Gasteiger partial charge in [0.2, 0.25) is 5.76 Å². The van der Waals surface area contributed by atoms with E-state index in [4.69, 9.17) is 28.6 Å². The average molecular weight is 341 g/mol. The van der Waals surface area contributed by atoms with Crippen LogP contribution in [-0.4, -0.2) is 29.1 Å². The zero-order chi connectivity index (χ0) is 15.1. The normalized spacial score (nSPS) is 21.1. The highest BCUT2D eigenvalue weighted by molar-refractivity contribution is 8.03. The Morgan fingerprint density at radius 2 is 2.00 bits per heavy atom. The number of carbonyl (C=O) groups is 1. The van der Waals surface area contributed by atoms with Crippen molar-refractivity contribution in [2.45, 2.75) is 18.7 Å². The van der Waals surface area contributed by atoms with Gasteiger partial charge in [-0.15, -0.1) is 0 Å². The van der Waals surface area contributed by atoms with Crippen molar-refractivity contribution < 1.29 is 9.53 Å². The number of fused-ring (bicyclic) bond motifs is 1. The fraction of sp³-hybridized carbons (Fsp3) is 0.286. The lowest BCUT2D eigenvalue weighted by Gasteiger charge is -2.18. The number of benzene rings is 1. The van der Waals surface area contributed by atoms with Crippen LogP contribution in [0.4, 0.5) is 5.69 Å². The lowest BCUT2D eigenvalue weighted by Crippen LogP contribution is -2.28. The van der Waals surface area contributed by atoms with E-state index >= 15 is 0 Å². The number of ether oxygens (including phenoxy) is 1. The van der Waals surface area contributed by atoms with Crippen molar-refractivity contribution in [1.82, 2.24) is 4.90 Å². The number of amides is 1. The van der Waals surface area contributed by atoms with Gasteiger partial charge in [-0.2, -0.15) is 0 Å². The molecule has 4 nitrogen and oxygen atoms in total. The van der Waals surface area contributed by atoms with Crippen molar-refractivity contribution in [3.05, 3.63) is 34.0 Å². The number of anilines is 1. The molecule has 1 aromatic carbocycles. The Morgan fingerprint density at radius 1 is 1.29 bits per heavy atom. The van der Waals surface area contributed by atoms with E-state index in [1.54, 1.807) is 0 Å². The largest absolute Gasteiger partial charge is 0.423 e. The molecule has 0 unspecified atom stereocenters. The summed E-state index contributed by atoms with van der Waals surface area (Å²) >= 11 is 12.7. The Labute approximate surface area is 137 Å². The van der Waals surface area contributed by atoms with Crippen molar-refractivity contribution in [2.75, 3.05) is 18.0 Å². The van der Waals surface area contributed by atoms with Crippen molar-refractivity contribution >= 4 is 52.3 Å². The maximum absolute atomic E-state index is 12.4. The lowest BCUT2D eigenvalue weighted by molar-refractivity contribution is -0.122. The molecule has 7 heteroatoms. The van der Waals surface area contributed by atoms with Gasteiger partial charge in [0.05, 0.1) is 5.69 Å². The van der Waals surface area contributed by atoms with Crippen LogP contribution < -0.4 is 4.90 Å². The van der Waals surface area contributed by atoms with Crippen LogP contribution in [0.15, 0.2) is 33.9 Å². The lowest BCUT2D eigenvalue weighted by atomic mass is 10.3. The minimum Gasteiger partial charge on any atom is -0.423 e. The number of carbonyl (C=O) groups excluding carboxylic acids is 1. The van der Waals surface area contributed by atoms with Gasteiger partial charge in [0.25, 0.3) is 11.1 Å². The summed E-state index contributed by atoms with van der Waals surface area (Å²) in [5.41, 5.74) is 0.995. The highest BCUT2D eigenvalue weighted by atomic mass is 35.5. The Balaban J connectivity index is 2.07. The van der Waals surface area contributed by atoms with Crippen LogP contribution in [0, 0.1) is 0 Å². The summed E-state index contributed by atoms with van der Waals surface area (Å²) in [5.74, 6) is 0.128. The fourth-order valence-electron chi connectivity index (χ4n) is 2.34. The zero-order valence-corrected chi connectivity index (χ0v) is 13.9. The molecule has 0 atom stereocenters. The first-order valence-electron chi connectivity index (χ1n) is 6.59. The molecule has 0 spiro atoms. The highest BCUT2D eigenvalue weighted by Gasteiger charge is 2.39. The number of rotatable bonds is 2. The quantitative estimate of drug-likeness (QED) is 0.606. The van der Waals surface area contributed by atoms with E-state index in [0.29, 0.717) is 23.9 Å². The summed E-state index contributed by atoms with van der Waals surface area (Å²) in [6.45, 7) is 5.11. The number of hydrogen-bond donors (Lipinski definition) is 0. The third-order valence-electron chi connectivity index (χ3n) is 3.34. The van der Waals surface area contributed by atoms with Crippen LogP contribution in [-0.2, 0) is 9.53 Å². The van der Waals surface area contributed by atoms with E-state index in [0.717, 1.165) is 15.6 Å². The molecule has 0 aliphatic carbocycles. The van der Waals surface area contributed by atoms with Crippen molar-refractivity contribution in [2.24, 2.45) is 0 Å². The molecular formula is C14H13ClN2O2S2. The summed E-state index contributed by atoms with van der Waals surface area (Å²) in [7, 11) is 0. The Bertz CT molecular complexity index is 675. The molecule has 0 radical (unpaired) electrons. The van der Waals surface area contributed by atoms with E-state index in [2.05, 4.69) is 0 Å². The molecule has 2 aliphatic rings. The average Bonchev–Trinajstić information content (AvgIpc) is 2.95. The van der Waals surface area contributed by atoms with Gasteiger partial charge in [-0.25, -0.2) is 0 Å². The topological polar surface area (TPSA) is 32.8 Å². The minimum atomic E-state index is -0.178. The molecule has 1 fully saturated rings. The number of nitrogens with zero attached hydrogens (tertiary/aromatic N) is 2. The van der Waals surface area contributed by atoms with Crippen LogP contribution in [0.2, 0.25) is 5.02 Å². The minimum absolute atomic E-state index is 0.178. The standard InChI is InChI=1S/C14H13ClN2O2S2/c1-3-16-9-7-8(15)5-6-10(9)21-13(16)11-12(18)17(4-2)14(20)19-11/h5-7H,3-4H2,1-2H3/b13-11-. The number of hydrogen-bond acceptors (Lipinski definition) is 5. The zero-order valence-electron chi connectivity index (χ0n) is 11.6. The maximum atomic E-state index is 12.4. The Hall–Kier alpha value is -1.24. The van der Waals surface area contributed by atoms with Crippen molar-refractivity contribution in [1.29, 1.82) is 0 Å². The van der Waals surface area contributed by atoms with Crippen LogP contribution in [0.5, 0.6) is 0 Å². The van der Waals surface area contributed by atoms with Crippen LogP contribution in [0.3, 0.4) is 0 Å². The molecule has 1 aromatic rings. The predicted molar refractivity (Wildman–Crippen MR) is 88.4 cm³/mol. The van der Waals surface area contributed by atoms with Crippen LogP contribution in [0.1, 0.15) is 13.8 Å². The van der Waals surface area contributed by atoms with Crippen LogP contribution >= 0.6 is 35.6 Å². The molecule has 3 rings (SSSR count). The van der Waals surface area contributed by atoms with Gasteiger partial charge in [-0.1, -0.05) is 23.4 Å². The van der Waals surface area contributed by atoms with E-state index in [1.807, 2.05) is 36.9 Å². The maximum Gasteiger partial charge on any atom is 0.299 e. The van der Waals surface area contributed by atoms with Gasteiger partial charge in [0.15, 0.2) is 0 Å². The molecule has 110 valence electrons. The van der Waals surface area contributed by atoms with Gasteiger partial charge in [0.1, 0.15) is 5.03 Å². The molecule has 1 amide bonds. The van der Waals surface area contributed by atoms with Crippen molar-refractivity contribution in [3.63, 3.8) is 0 Å². The second kappa shape index (κ2) is 5.51. The number of thiocarbonyl (C=S) groups is 1. The first-order chi connectivity index (χ1) is 10.1. The molecular weight excluding hydrogens is 328 g/mol. The molecule has 0 aromatic heterocycles. The fourth-order valence-corrected chi connectivity index (χ4v) is 3.98. The van der Waals surface area contributed by atoms with Gasteiger partial charge in [-0.05, 0) is 44.3 Å². The van der Waals surface area contributed by atoms with E-state index in [-0.39, 0.29) is 11.1 Å². The summed E-state index contributed by atoms with van der Waals surface area (Å²) in [4.78, 5) is 16.9. The van der Waals surface area contributed by atoms with Gasteiger partial charge >= 0.3 is 0 Å². The smallest absolute Gasteiger partial charge is 0.299 e. The van der Waals surface area contributed by atoms with Gasteiger partial charge < -0.3 is 9.64 Å². The number of likely N-dealkylation sites (N-methyl/N-ethyl adjacent to an activating group) is 1. The summed E-state index contributed by atoms with van der Waals surface area (Å²) < 4.78 is 5.55. The van der Waals surface area contributed by atoms with Gasteiger partial charge in [0, 0.05) is 23.0 Å². The summed E-state index contributed by atoms with van der Waals surface area (Å²) in [5, 5.41) is 1.66. The molecule has 21 heavy (non-hydrogen) atoms. The number of thioether (sulfide) groups is 1. The second-order valence-electron chi connectivity index (χ2n) is 4.51. The van der Waals surface area contributed by atoms with E-state index in [1.165, 1.54) is 16.7 Å². The third kappa shape index (κ3) is 2.31. The predicted octanol–water partition coefficient (Wildman–Crippen LogP) is 3.60. The van der Waals surface area contributed by atoms with Crippen molar-refractivity contribution in [3.8, 4) is 0 Å². The Morgan fingerprint density at radius 3 is 2.62 bits per heavy atom. The third-order valence-corrected chi connectivity index (χ3v) is 5.04. The second-order valence-corrected chi connectivity index (χ2v) is 6.33. The molecule has 1 saturated heterocycles. The summed E-state index contributed by atoms with van der Waals surface area (Å²) in [6, 6.07) is 5.69. The molecule has 0 saturated carbocycles. The summed E-state index contributed by atoms with van der Waals surface area (Å²) in [6.07, 6.45) is 0. The van der Waals surface area contributed by atoms with E-state index < -0.39 is 0 Å². The monoisotopic (exact) mass is 340 g/mol. The first kappa shape index (κ1) is 14.7. The molecule has 2 aliphatic heterocycles. The highest BCUT2D eigenvalue weighted by Crippen LogP contribution is 2.48. The first-order valence-corrected chi connectivity index (χ1v) is 8.20. The van der Waals surface area contributed by atoms with Gasteiger partial charge in [-0.3, -0.25) is 9.69 Å².